The van der Waals surface area contributed by atoms with Crippen molar-refractivity contribution in [2.24, 2.45) is 0 Å². The predicted molar refractivity (Wildman–Crippen MR) is 77.9 cm³/mol. The molecule has 1 aliphatic rings. The molecule has 0 unspecified atom stereocenters. The molecule has 4 heteroatoms. The molecule has 1 aliphatic heterocycles. The Kier molecular flexibility index (Phi) is 1.21. The molecule has 0 aromatic carbocycles. The van der Waals surface area contributed by atoms with E-state index < -0.39 is 62.7 Å². The number of rotatable bonds is 1. The van der Waals surface area contributed by atoms with Gasteiger partial charge in [0, 0.05) is 27.3 Å². The Morgan fingerprint density at radius 2 is 1.68 bits per heavy atom. The lowest BCUT2D eigenvalue weighted by Crippen LogP contribution is -2.41. The topological polar surface area (TPSA) is 31.6 Å². The summed E-state index contributed by atoms with van der Waals surface area (Å²) in [4.78, 5) is 0. The molecule has 106 valence electrons. The van der Waals surface area contributed by atoms with Gasteiger partial charge in [0.1, 0.15) is 11.5 Å². The van der Waals surface area contributed by atoms with Gasteiger partial charge in [-0.3, -0.25) is 0 Å². The van der Waals surface area contributed by atoms with Crippen LogP contribution in [0.25, 0.3) is 0 Å². The third kappa shape index (κ3) is 2.48. The van der Waals surface area contributed by atoms with E-state index >= 15 is 0 Å². The quantitative estimate of drug-likeness (QED) is 0.738. The SMILES string of the molecule is [2H]C([2H])([2H])c1oc(C(C([2H])([2H])[2H])(C([2H])([2H])[2H])C([2H])([2H])[2H])cc1B1OC(C)(C)C(C)(C)O1. The van der Waals surface area contributed by atoms with Crippen LogP contribution < -0.4 is 5.46 Å². The van der Waals surface area contributed by atoms with E-state index in [0.717, 1.165) is 6.07 Å². The van der Waals surface area contributed by atoms with Crippen molar-refractivity contribution >= 4 is 12.6 Å². The molecule has 1 fully saturated rings. The Hall–Kier alpha value is -0.735. The molecule has 3 nitrogen and oxygen atoms in total. The standard InChI is InChI=1S/C15H25BO3/c1-10-11(9-12(17-10)13(2,3)4)16-18-14(5,6)15(7,8)19-16/h9H,1-8H3/i1D3,2D3,3D3,4D3. The Bertz CT molecular complexity index is 776. The minimum atomic E-state index is -3.60. The van der Waals surface area contributed by atoms with E-state index in [2.05, 4.69) is 0 Å². The first-order valence-electron chi connectivity index (χ1n) is 11.9. The van der Waals surface area contributed by atoms with Gasteiger partial charge in [0.05, 0.1) is 11.2 Å². The van der Waals surface area contributed by atoms with Crippen molar-refractivity contribution in [3.8, 4) is 0 Å². The number of hydrogen-bond donors (Lipinski definition) is 0. The second kappa shape index (κ2) is 4.13. The van der Waals surface area contributed by atoms with E-state index in [1.807, 2.05) is 0 Å². The van der Waals surface area contributed by atoms with Crippen molar-refractivity contribution < 1.29 is 30.2 Å². The summed E-state index contributed by atoms with van der Waals surface area (Å²) in [6.45, 7) is -6.98. The van der Waals surface area contributed by atoms with Gasteiger partial charge in [0.25, 0.3) is 0 Å². The van der Waals surface area contributed by atoms with E-state index in [0.29, 0.717) is 0 Å². The monoisotopic (exact) mass is 276 g/mol. The van der Waals surface area contributed by atoms with Gasteiger partial charge >= 0.3 is 7.12 Å². The van der Waals surface area contributed by atoms with Gasteiger partial charge < -0.3 is 13.7 Å². The molecule has 0 amide bonds. The lowest BCUT2D eigenvalue weighted by atomic mass is 9.78. The molecule has 1 aromatic rings. The fourth-order valence-electron chi connectivity index (χ4n) is 1.74. The lowest BCUT2D eigenvalue weighted by molar-refractivity contribution is 0.00578. The van der Waals surface area contributed by atoms with Crippen LogP contribution in [0.15, 0.2) is 10.5 Å². The molecule has 0 atom stereocenters. The molecule has 0 spiro atoms. The van der Waals surface area contributed by atoms with Crippen molar-refractivity contribution in [3.63, 3.8) is 0 Å². The third-order valence-corrected chi connectivity index (χ3v) is 3.64. The van der Waals surface area contributed by atoms with E-state index in [9.17, 15) is 0 Å². The molecule has 0 radical (unpaired) electrons. The van der Waals surface area contributed by atoms with Gasteiger partial charge in [-0.2, -0.15) is 0 Å². The molecule has 1 aromatic heterocycles. The summed E-state index contributed by atoms with van der Waals surface area (Å²) in [7, 11) is -1.35. The highest BCUT2D eigenvalue weighted by Gasteiger charge is 2.52. The van der Waals surface area contributed by atoms with Gasteiger partial charge in [-0.05, 0) is 40.6 Å². The average molecular weight is 276 g/mol. The summed E-state index contributed by atoms with van der Waals surface area (Å²) in [5.74, 6) is -1.80. The van der Waals surface area contributed by atoms with Crippen LogP contribution in [0.3, 0.4) is 0 Å². The van der Waals surface area contributed by atoms with E-state index in [4.69, 9.17) is 30.2 Å². The number of aryl methyl sites for hydroxylation is 1. The van der Waals surface area contributed by atoms with Crippen molar-refractivity contribution in [3.05, 3.63) is 17.6 Å². The second-order valence-corrected chi connectivity index (χ2v) is 5.73. The van der Waals surface area contributed by atoms with E-state index in [1.54, 1.807) is 27.7 Å². The predicted octanol–water partition coefficient (Wildman–Crippen LogP) is 3.18. The normalized spacial score (nSPS) is 34.0. The molecule has 2 rings (SSSR count). The largest absolute Gasteiger partial charge is 0.498 e. The number of hydrogen-bond acceptors (Lipinski definition) is 3. The molecular formula is C15H25BO3. The third-order valence-electron chi connectivity index (χ3n) is 3.64. The van der Waals surface area contributed by atoms with Crippen LogP contribution >= 0.6 is 0 Å². The molecule has 1 saturated heterocycles. The van der Waals surface area contributed by atoms with Crippen LogP contribution in [-0.2, 0) is 14.7 Å². The van der Waals surface area contributed by atoms with Crippen LogP contribution in [-0.4, -0.2) is 18.3 Å². The zero-order valence-electron chi connectivity index (χ0n) is 23.4. The van der Waals surface area contributed by atoms with Crippen LogP contribution in [0.2, 0.25) is 0 Å². The highest BCUT2D eigenvalue weighted by Crippen LogP contribution is 2.37. The van der Waals surface area contributed by atoms with Crippen LogP contribution in [0.4, 0.5) is 0 Å². The molecule has 0 N–H and O–H groups in total. The first-order valence-corrected chi connectivity index (χ1v) is 5.90. The van der Waals surface area contributed by atoms with Gasteiger partial charge in [-0.15, -0.1) is 0 Å². The Balaban J connectivity index is 2.87. The smallest absolute Gasteiger partial charge is 0.466 e. The molecule has 0 saturated carbocycles. The van der Waals surface area contributed by atoms with Crippen molar-refractivity contribution in [2.75, 3.05) is 0 Å². The van der Waals surface area contributed by atoms with Crippen molar-refractivity contribution in [1.82, 2.24) is 0 Å². The Morgan fingerprint density at radius 1 is 1.11 bits per heavy atom. The molecular weight excluding hydrogens is 239 g/mol. The van der Waals surface area contributed by atoms with Crippen LogP contribution in [0, 0.1) is 6.85 Å². The van der Waals surface area contributed by atoms with E-state index in [-0.39, 0.29) is 5.46 Å². The van der Waals surface area contributed by atoms with Gasteiger partial charge in [-0.1, -0.05) is 20.6 Å². The van der Waals surface area contributed by atoms with Gasteiger partial charge in [0.2, 0.25) is 0 Å². The van der Waals surface area contributed by atoms with Crippen molar-refractivity contribution in [2.45, 2.75) is 71.7 Å². The molecule has 19 heavy (non-hydrogen) atoms. The molecule has 0 aliphatic carbocycles. The summed E-state index contributed by atoms with van der Waals surface area (Å²) in [6, 6.07) is 0.814. The maximum Gasteiger partial charge on any atom is 0.498 e. The second-order valence-electron chi connectivity index (χ2n) is 5.73. The van der Waals surface area contributed by atoms with Crippen molar-refractivity contribution in [1.29, 1.82) is 0 Å². The maximum atomic E-state index is 7.81. The Morgan fingerprint density at radius 3 is 2.16 bits per heavy atom. The highest BCUT2D eigenvalue weighted by atomic mass is 16.7. The lowest BCUT2D eigenvalue weighted by Gasteiger charge is -2.32. The fourth-order valence-corrected chi connectivity index (χ4v) is 1.74. The molecule has 0 bridgehead atoms. The summed E-state index contributed by atoms with van der Waals surface area (Å²) in [5, 5.41) is 0. The van der Waals surface area contributed by atoms with E-state index in [1.165, 1.54) is 0 Å². The number of furan rings is 1. The van der Waals surface area contributed by atoms with Crippen LogP contribution in [0.1, 0.15) is 76.2 Å². The van der Waals surface area contributed by atoms with Gasteiger partial charge in [-0.25, -0.2) is 0 Å². The maximum absolute atomic E-state index is 7.81. The summed E-state index contributed by atoms with van der Waals surface area (Å²) < 4.78 is 110. The minimum Gasteiger partial charge on any atom is -0.466 e. The summed E-state index contributed by atoms with van der Waals surface area (Å²) in [6.07, 6.45) is 0. The highest BCUT2D eigenvalue weighted by molar-refractivity contribution is 6.62. The minimum absolute atomic E-state index is 0.282. The summed E-state index contributed by atoms with van der Waals surface area (Å²) >= 11 is 0. The molecule has 2 heterocycles. The fraction of sp³-hybridized carbons (Fsp3) is 0.733. The average Bonchev–Trinajstić information content (AvgIpc) is 2.94. The first-order chi connectivity index (χ1) is 13.4. The van der Waals surface area contributed by atoms with Crippen LogP contribution in [0.5, 0.6) is 0 Å². The Labute approximate surface area is 133 Å². The van der Waals surface area contributed by atoms with Gasteiger partial charge in [0.15, 0.2) is 0 Å². The summed E-state index contributed by atoms with van der Waals surface area (Å²) in [5.41, 5.74) is -5.57. The first kappa shape index (κ1) is 5.57. The zero-order chi connectivity index (χ0) is 24.6. The zero-order valence-corrected chi connectivity index (χ0v) is 11.4.